The van der Waals surface area contributed by atoms with Crippen molar-refractivity contribution in [2.24, 2.45) is 0 Å². The fourth-order valence-electron chi connectivity index (χ4n) is 1.50. The highest BCUT2D eigenvalue weighted by molar-refractivity contribution is 4.88. The predicted octanol–water partition coefficient (Wildman–Crippen LogP) is -2.54. The van der Waals surface area contributed by atoms with E-state index < -0.39 is 37.3 Å². The minimum absolute atomic E-state index is 0.496. The Morgan fingerprint density at radius 3 is 2.29 bits per heavy atom. The molecule has 0 bridgehead atoms. The zero-order chi connectivity index (χ0) is 10.9. The largest absolute Gasteiger partial charge is 0.394 e. The monoisotopic (exact) mass is 207 g/mol. The van der Waals surface area contributed by atoms with Gasteiger partial charge >= 0.3 is 0 Å². The minimum atomic E-state index is -1.40. The van der Waals surface area contributed by atoms with E-state index in [0.717, 1.165) is 4.70 Å². The Kier molecular flexibility index (Phi) is 3.51. The average Bonchev–Trinajstić information content (AvgIpc) is 2.10. The molecule has 1 fully saturated rings. The second kappa shape index (κ2) is 4.28. The number of hydrogen-bond acceptors (Lipinski definition) is 6. The molecule has 0 amide bonds. The van der Waals surface area contributed by atoms with E-state index >= 15 is 0 Å². The number of likely N-dealkylation sites (N-methyl/N-ethyl adjacent to an activating group) is 1. The molecular formula is C7H15N2O5+. The lowest BCUT2D eigenvalue weighted by Crippen LogP contribution is -2.61. The van der Waals surface area contributed by atoms with Crippen LogP contribution in [0, 0.1) is 5.53 Å². The molecule has 0 spiro atoms. The van der Waals surface area contributed by atoms with Gasteiger partial charge < -0.3 is 25.2 Å². The number of nitrogens with zero attached hydrogens (tertiary/aromatic N) is 1. The van der Waals surface area contributed by atoms with Gasteiger partial charge in [-0.25, -0.2) is 0 Å². The van der Waals surface area contributed by atoms with Crippen molar-refractivity contribution in [3.8, 4) is 0 Å². The molecule has 5 unspecified atom stereocenters. The lowest BCUT2D eigenvalue weighted by molar-refractivity contribution is -0.656. The van der Waals surface area contributed by atoms with Crippen molar-refractivity contribution >= 4 is 0 Å². The summed E-state index contributed by atoms with van der Waals surface area (Å²) in [6.45, 7) is -0.496. The average molecular weight is 207 g/mol. The second-order valence-electron chi connectivity index (χ2n) is 3.33. The zero-order valence-corrected chi connectivity index (χ0v) is 7.74. The molecule has 0 aromatic carbocycles. The third-order valence-corrected chi connectivity index (χ3v) is 2.31. The molecule has 0 aromatic heterocycles. The maximum atomic E-state index is 9.52. The molecule has 1 rings (SSSR count). The van der Waals surface area contributed by atoms with Crippen LogP contribution in [0.15, 0.2) is 0 Å². The van der Waals surface area contributed by atoms with Gasteiger partial charge in [-0.1, -0.05) is 5.53 Å². The standard InChI is InChI=1S/C7H15N2O5/c1-9(8)4-6(12)5(11)3(2-10)14-7(4)13/h3-8,10-13H,2H2,1H3/q+1. The maximum absolute atomic E-state index is 9.52. The molecule has 1 aliphatic rings. The Morgan fingerprint density at radius 1 is 1.29 bits per heavy atom. The van der Waals surface area contributed by atoms with Gasteiger partial charge in [0.05, 0.1) is 6.61 Å². The van der Waals surface area contributed by atoms with Crippen LogP contribution < -0.4 is 0 Å². The van der Waals surface area contributed by atoms with Gasteiger partial charge in [0.1, 0.15) is 12.2 Å². The summed E-state index contributed by atoms with van der Waals surface area (Å²) in [6.07, 6.45) is -5.04. The number of aliphatic hydroxyl groups is 4. The first-order valence-electron chi connectivity index (χ1n) is 4.23. The fraction of sp³-hybridized carbons (Fsp3) is 1.00. The fourth-order valence-corrected chi connectivity index (χ4v) is 1.50. The van der Waals surface area contributed by atoms with E-state index in [1.807, 2.05) is 0 Å². The number of aliphatic hydroxyl groups excluding tert-OH is 4. The van der Waals surface area contributed by atoms with E-state index in [-0.39, 0.29) is 0 Å². The maximum Gasteiger partial charge on any atom is 0.255 e. The lowest BCUT2D eigenvalue weighted by Gasteiger charge is -2.36. The van der Waals surface area contributed by atoms with Crippen molar-refractivity contribution < 1.29 is 29.9 Å². The van der Waals surface area contributed by atoms with Crippen molar-refractivity contribution in [2.45, 2.75) is 30.6 Å². The Morgan fingerprint density at radius 2 is 1.86 bits per heavy atom. The molecule has 82 valence electrons. The van der Waals surface area contributed by atoms with Crippen LogP contribution in [0.5, 0.6) is 0 Å². The molecule has 1 saturated heterocycles. The minimum Gasteiger partial charge on any atom is -0.394 e. The lowest BCUT2D eigenvalue weighted by atomic mass is 9.97. The first kappa shape index (κ1) is 11.5. The summed E-state index contributed by atoms with van der Waals surface area (Å²) in [4.78, 5) is 0. The normalized spacial score (nSPS) is 43.6. The zero-order valence-electron chi connectivity index (χ0n) is 7.74. The van der Waals surface area contributed by atoms with Crippen molar-refractivity contribution in [3.05, 3.63) is 0 Å². The summed E-state index contributed by atoms with van der Waals surface area (Å²) >= 11 is 0. The van der Waals surface area contributed by atoms with Gasteiger partial charge in [0.15, 0.2) is 13.2 Å². The van der Waals surface area contributed by atoms with Gasteiger partial charge in [0.2, 0.25) is 6.29 Å². The third kappa shape index (κ3) is 1.91. The van der Waals surface area contributed by atoms with Crippen LogP contribution in [-0.4, -0.2) is 69.4 Å². The predicted molar refractivity (Wildman–Crippen MR) is 42.7 cm³/mol. The van der Waals surface area contributed by atoms with Crippen molar-refractivity contribution in [2.75, 3.05) is 13.7 Å². The summed E-state index contributed by atoms with van der Waals surface area (Å²) in [7, 11) is 1.33. The summed E-state index contributed by atoms with van der Waals surface area (Å²) in [5.41, 5.74) is 7.21. The number of rotatable bonds is 2. The smallest absolute Gasteiger partial charge is 0.255 e. The van der Waals surface area contributed by atoms with Crippen LogP contribution in [0.4, 0.5) is 0 Å². The van der Waals surface area contributed by atoms with Gasteiger partial charge in [-0.15, -0.1) is 4.70 Å². The van der Waals surface area contributed by atoms with E-state index in [1.165, 1.54) is 7.05 Å². The Hall–Kier alpha value is -0.600. The van der Waals surface area contributed by atoms with Crippen LogP contribution in [0.1, 0.15) is 0 Å². The van der Waals surface area contributed by atoms with Crippen LogP contribution in [0.2, 0.25) is 0 Å². The highest BCUT2D eigenvalue weighted by Gasteiger charge is 2.49. The van der Waals surface area contributed by atoms with Crippen molar-refractivity contribution in [1.29, 1.82) is 5.53 Å². The molecule has 5 N–H and O–H groups in total. The molecule has 0 radical (unpaired) electrons. The Labute approximate surface area is 80.7 Å². The molecule has 14 heavy (non-hydrogen) atoms. The highest BCUT2D eigenvalue weighted by atomic mass is 16.6. The number of ether oxygens (including phenoxy) is 1. The Balaban J connectivity index is 2.79. The summed E-state index contributed by atoms with van der Waals surface area (Å²) in [5, 5.41) is 37.1. The molecule has 7 heteroatoms. The van der Waals surface area contributed by atoms with Crippen LogP contribution in [0.3, 0.4) is 0 Å². The van der Waals surface area contributed by atoms with Gasteiger partial charge in [0.25, 0.3) is 6.04 Å². The van der Waals surface area contributed by atoms with Crippen molar-refractivity contribution in [3.63, 3.8) is 0 Å². The Bertz CT molecular complexity index is 224. The van der Waals surface area contributed by atoms with E-state index in [9.17, 15) is 15.3 Å². The summed E-state index contributed by atoms with van der Waals surface area (Å²) in [5.74, 6) is 0. The second-order valence-corrected chi connectivity index (χ2v) is 3.33. The topological polar surface area (TPSA) is 117 Å². The molecule has 1 aliphatic heterocycles. The van der Waals surface area contributed by atoms with Gasteiger partial charge in [0, 0.05) is 0 Å². The quantitative estimate of drug-likeness (QED) is 0.252. The molecular weight excluding hydrogens is 192 g/mol. The van der Waals surface area contributed by atoms with Crippen LogP contribution in [-0.2, 0) is 4.74 Å². The van der Waals surface area contributed by atoms with Gasteiger partial charge in [-0.05, 0) is 0 Å². The van der Waals surface area contributed by atoms with Gasteiger partial charge in [-0.3, -0.25) is 0 Å². The summed E-state index contributed by atoms with van der Waals surface area (Å²) < 4.78 is 5.64. The van der Waals surface area contributed by atoms with E-state index in [2.05, 4.69) is 0 Å². The van der Waals surface area contributed by atoms with Crippen LogP contribution in [0.25, 0.3) is 0 Å². The first-order chi connectivity index (χ1) is 6.49. The van der Waals surface area contributed by atoms with Gasteiger partial charge in [-0.2, -0.15) is 0 Å². The number of nitrogens with one attached hydrogen (secondary N) is 1. The van der Waals surface area contributed by atoms with E-state index in [0.29, 0.717) is 0 Å². The number of hydrogen-bond donors (Lipinski definition) is 5. The SMILES string of the molecule is C[N+](=N)C1C(O)OC(CO)C(O)C1O. The van der Waals surface area contributed by atoms with E-state index in [4.69, 9.17) is 15.4 Å². The highest BCUT2D eigenvalue weighted by Crippen LogP contribution is 2.21. The first-order valence-corrected chi connectivity index (χ1v) is 4.23. The molecule has 1 heterocycles. The third-order valence-electron chi connectivity index (χ3n) is 2.31. The van der Waals surface area contributed by atoms with E-state index in [1.54, 1.807) is 0 Å². The summed E-state index contributed by atoms with van der Waals surface area (Å²) in [6, 6.07) is -1.02. The molecule has 0 saturated carbocycles. The molecule has 0 aliphatic carbocycles. The van der Waals surface area contributed by atoms with Crippen molar-refractivity contribution in [1.82, 2.24) is 0 Å². The van der Waals surface area contributed by atoms with Crippen LogP contribution >= 0.6 is 0 Å². The molecule has 0 aromatic rings. The molecule has 7 nitrogen and oxygen atoms in total. The molecule has 5 atom stereocenters.